The van der Waals surface area contributed by atoms with Gasteiger partial charge in [-0.15, -0.1) is 0 Å². The fourth-order valence-electron chi connectivity index (χ4n) is 1.74. The Hall–Kier alpha value is -2.38. The lowest BCUT2D eigenvalue weighted by molar-refractivity contribution is -0.139. The van der Waals surface area contributed by atoms with Gasteiger partial charge in [0, 0.05) is 18.6 Å². The Kier molecular flexibility index (Phi) is 4.02. The van der Waals surface area contributed by atoms with Gasteiger partial charge in [0.2, 0.25) is 0 Å². The lowest BCUT2D eigenvalue weighted by Gasteiger charge is -2.13. The summed E-state index contributed by atoms with van der Waals surface area (Å²) >= 11 is 0. The largest absolute Gasteiger partial charge is 0.494 e. The number of amides is 2. The van der Waals surface area contributed by atoms with Crippen molar-refractivity contribution in [1.29, 1.82) is 0 Å². The molecule has 0 spiro atoms. The second-order valence-electron chi connectivity index (χ2n) is 4.07. The zero-order chi connectivity index (χ0) is 14.7. The summed E-state index contributed by atoms with van der Waals surface area (Å²) in [5, 5.41) is 4.65. The van der Waals surface area contributed by atoms with E-state index in [1.54, 1.807) is 0 Å². The van der Waals surface area contributed by atoms with Gasteiger partial charge >= 0.3 is 12.0 Å². The number of cyclic esters (lactones) is 1. The normalized spacial score (nSPS) is 17.6. The van der Waals surface area contributed by atoms with E-state index < -0.39 is 29.7 Å². The zero-order valence-electron chi connectivity index (χ0n) is 10.5. The maximum Gasteiger partial charge on any atom is 0.328 e. The molecule has 2 rings (SSSR count). The summed E-state index contributed by atoms with van der Waals surface area (Å²) in [7, 11) is 1.25. The number of rotatable bonds is 3. The van der Waals surface area contributed by atoms with Gasteiger partial charge in [-0.3, -0.25) is 0 Å². The van der Waals surface area contributed by atoms with Gasteiger partial charge in [-0.05, 0) is 0 Å². The molecular weight excluding hydrogens is 274 g/mol. The summed E-state index contributed by atoms with van der Waals surface area (Å²) in [5.41, 5.74) is -0.0461. The number of benzene rings is 1. The number of halogens is 2. The van der Waals surface area contributed by atoms with Gasteiger partial charge in [0.1, 0.15) is 11.8 Å². The Morgan fingerprint density at radius 2 is 2.10 bits per heavy atom. The van der Waals surface area contributed by atoms with Crippen LogP contribution in [-0.2, 0) is 9.53 Å². The molecule has 1 saturated heterocycles. The third-order valence-electron chi connectivity index (χ3n) is 2.73. The van der Waals surface area contributed by atoms with Crippen LogP contribution in [0.3, 0.4) is 0 Å². The second-order valence-corrected chi connectivity index (χ2v) is 4.07. The van der Waals surface area contributed by atoms with Crippen LogP contribution in [0.5, 0.6) is 5.75 Å². The molecule has 20 heavy (non-hydrogen) atoms. The molecule has 108 valence electrons. The van der Waals surface area contributed by atoms with Gasteiger partial charge in [-0.1, -0.05) is 0 Å². The number of urea groups is 1. The first-order valence-corrected chi connectivity index (χ1v) is 5.78. The van der Waals surface area contributed by atoms with E-state index in [0.717, 1.165) is 12.1 Å². The molecule has 2 N–H and O–H groups in total. The molecule has 1 aromatic rings. The summed E-state index contributed by atoms with van der Waals surface area (Å²) in [6.07, 6.45) is 0.362. The highest BCUT2D eigenvalue weighted by Gasteiger charge is 2.28. The minimum Gasteiger partial charge on any atom is -0.494 e. The molecule has 8 heteroatoms. The zero-order valence-corrected chi connectivity index (χ0v) is 10.5. The van der Waals surface area contributed by atoms with E-state index in [1.807, 2.05) is 0 Å². The van der Waals surface area contributed by atoms with Crippen molar-refractivity contribution in [2.45, 2.75) is 12.5 Å². The van der Waals surface area contributed by atoms with Crippen LogP contribution in [0, 0.1) is 11.6 Å². The molecular formula is C12H12F2N2O4. The van der Waals surface area contributed by atoms with Crippen LogP contribution in [0.25, 0.3) is 0 Å². The summed E-state index contributed by atoms with van der Waals surface area (Å²) in [6, 6.07) is 0.125. The molecule has 0 unspecified atom stereocenters. The summed E-state index contributed by atoms with van der Waals surface area (Å²) in [5.74, 6) is -2.78. The van der Waals surface area contributed by atoms with Crippen LogP contribution in [0.2, 0.25) is 0 Å². The van der Waals surface area contributed by atoms with E-state index >= 15 is 0 Å². The molecule has 1 heterocycles. The Morgan fingerprint density at radius 1 is 1.40 bits per heavy atom. The Bertz CT molecular complexity index is 551. The summed E-state index contributed by atoms with van der Waals surface area (Å²) in [6.45, 7) is 0.234. The standard InChI is InChI=1S/C12H12F2N2O4/c1-19-10-5-7(14)6(13)4-9(10)16-12(18)15-8-2-3-20-11(8)17/h4-5,8H,2-3H2,1H3,(H2,15,16,18)/t8-/m0/s1. The van der Waals surface area contributed by atoms with Gasteiger partial charge in [0.15, 0.2) is 11.6 Å². The van der Waals surface area contributed by atoms with Crippen molar-refractivity contribution in [3.05, 3.63) is 23.8 Å². The van der Waals surface area contributed by atoms with E-state index in [4.69, 9.17) is 4.74 Å². The molecule has 0 bridgehead atoms. The van der Waals surface area contributed by atoms with Crippen LogP contribution in [0.1, 0.15) is 6.42 Å². The lowest BCUT2D eigenvalue weighted by atomic mass is 10.2. The van der Waals surface area contributed by atoms with E-state index in [9.17, 15) is 18.4 Å². The quantitative estimate of drug-likeness (QED) is 0.824. The average Bonchev–Trinajstić information content (AvgIpc) is 2.79. The molecule has 1 fully saturated rings. The van der Waals surface area contributed by atoms with Gasteiger partial charge < -0.3 is 20.1 Å². The van der Waals surface area contributed by atoms with Crippen molar-refractivity contribution in [3.8, 4) is 5.75 Å². The van der Waals surface area contributed by atoms with Gasteiger partial charge in [-0.25, -0.2) is 18.4 Å². The maximum absolute atomic E-state index is 13.1. The molecule has 0 aliphatic carbocycles. The minimum atomic E-state index is -1.12. The predicted molar refractivity (Wildman–Crippen MR) is 64.4 cm³/mol. The van der Waals surface area contributed by atoms with Crippen LogP contribution < -0.4 is 15.4 Å². The van der Waals surface area contributed by atoms with Crippen LogP contribution in [0.15, 0.2) is 12.1 Å². The number of carbonyl (C=O) groups excluding carboxylic acids is 2. The number of methoxy groups -OCH3 is 1. The maximum atomic E-state index is 13.1. The van der Waals surface area contributed by atoms with Crippen molar-refractivity contribution >= 4 is 17.7 Å². The van der Waals surface area contributed by atoms with Gasteiger partial charge in [0.25, 0.3) is 0 Å². The monoisotopic (exact) mass is 286 g/mol. The van der Waals surface area contributed by atoms with Crippen molar-refractivity contribution < 1.29 is 27.8 Å². The van der Waals surface area contributed by atoms with Crippen molar-refractivity contribution in [2.24, 2.45) is 0 Å². The van der Waals surface area contributed by atoms with Gasteiger partial charge in [-0.2, -0.15) is 0 Å². The molecule has 0 aromatic heterocycles. The number of nitrogens with one attached hydrogen (secondary N) is 2. The number of hydrogen-bond acceptors (Lipinski definition) is 4. The average molecular weight is 286 g/mol. The second kappa shape index (κ2) is 5.72. The highest BCUT2D eigenvalue weighted by atomic mass is 19.2. The van der Waals surface area contributed by atoms with Crippen molar-refractivity contribution in [3.63, 3.8) is 0 Å². The predicted octanol–water partition coefficient (Wildman–Crippen LogP) is 1.41. The molecule has 1 atom stereocenters. The first kappa shape index (κ1) is 14.0. The van der Waals surface area contributed by atoms with Crippen molar-refractivity contribution in [1.82, 2.24) is 5.32 Å². The molecule has 0 radical (unpaired) electrons. The lowest BCUT2D eigenvalue weighted by Crippen LogP contribution is -2.40. The number of ether oxygens (including phenoxy) is 2. The van der Waals surface area contributed by atoms with Crippen LogP contribution in [0.4, 0.5) is 19.3 Å². The number of anilines is 1. The Morgan fingerprint density at radius 3 is 2.70 bits per heavy atom. The molecule has 1 aliphatic rings. The first-order chi connectivity index (χ1) is 9.51. The van der Waals surface area contributed by atoms with E-state index in [-0.39, 0.29) is 18.0 Å². The third kappa shape index (κ3) is 2.95. The smallest absolute Gasteiger partial charge is 0.328 e. The summed E-state index contributed by atoms with van der Waals surface area (Å²) < 4.78 is 35.7. The molecule has 2 amide bonds. The molecule has 6 nitrogen and oxygen atoms in total. The van der Waals surface area contributed by atoms with Crippen LogP contribution >= 0.6 is 0 Å². The summed E-state index contributed by atoms with van der Waals surface area (Å²) in [4.78, 5) is 22.9. The minimum absolute atomic E-state index is 0.0342. The number of hydrogen-bond donors (Lipinski definition) is 2. The fraction of sp³-hybridized carbons (Fsp3) is 0.333. The topological polar surface area (TPSA) is 76.7 Å². The van der Waals surface area contributed by atoms with E-state index in [2.05, 4.69) is 15.4 Å². The number of esters is 1. The van der Waals surface area contributed by atoms with E-state index in [1.165, 1.54) is 7.11 Å². The van der Waals surface area contributed by atoms with Crippen molar-refractivity contribution in [2.75, 3.05) is 19.0 Å². The SMILES string of the molecule is COc1cc(F)c(F)cc1NC(=O)N[C@H]1CCOC1=O. The molecule has 1 aromatic carbocycles. The van der Waals surface area contributed by atoms with Gasteiger partial charge in [0.05, 0.1) is 19.4 Å². The fourth-order valence-corrected chi connectivity index (χ4v) is 1.74. The highest BCUT2D eigenvalue weighted by Crippen LogP contribution is 2.27. The van der Waals surface area contributed by atoms with Crippen LogP contribution in [-0.4, -0.2) is 31.8 Å². The van der Waals surface area contributed by atoms with E-state index in [0.29, 0.717) is 6.42 Å². The Labute approximate surface area is 113 Å². The molecule has 0 saturated carbocycles. The molecule has 1 aliphatic heterocycles. The highest BCUT2D eigenvalue weighted by molar-refractivity contribution is 5.94. The Balaban J connectivity index is 2.07. The number of carbonyl (C=O) groups is 2. The third-order valence-corrected chi connectivity index (χ3v) is 2.73. The first-order valence-electron chi connectivity index (χ1n) is 5.78.